The van der Waals surface area contributed by atoms with E-state index in [0.717, 1.165) is 45.9 Å². The number of fused-ring (bicyclic) bond motifs is 2. The third-order valence-electron chi connectivity index (χ3n) is 5.91. The zero-order chi connectivity index (χ0) is 22.2. The van der Waals surface area contributed by atoms with Gasteiger partial charge >= 0.3 is 0 Å². The molecule has 1 fully saturated rings. The Labute approximate surface area is 189 Å². The Kier molecular flexibility index (Phi) is 4.89. The number of aliphatic hydroxyl groups excluding tert-OH is 1. The van der Waals surface area contributed by atoms with Crippen molar-refractivity contribution in [2.75, 3.05) is 36.5 Å². The first kappa shape index (κ1) is 19.7. The molecule has 0 spiro atoms. The van der Waals surface area contributed by atoms with Gasteiger partial charge in [-0.15, -0.1) is 0 Å². The Bertz CT molecular complexity index is 1410. The van der Waals surface area contributed by atoms with Gasteiger partial charge in [0, 0.05) is 61.0 Å². The van der Waals surface area contributed by atoms with Crippen molar-refractivity contribution >= 4 is 33.9 Å². The molecular weight excluding hydrogens is 418 g/mol. The number of aliphatic hydroxyl groups is 1. The maximum Gasteiger partial charge on any atom is 0.180 e. The van der Waals surface area contributed by atoms with E-state index in [1.165, 1.54) is 0 Å². The topological polar surface area (TPSA) is 104 Å². The predicted octanol–water partition coefficient (Wildman–Crippen LogP) is 3.21. The Morgan fingerprint density at radius 3 is 2.97 bits per heavy atom. The van der Waals surface area contributed by atoms with E-state index < -0.39 is 0 Å². The Morgan fingerprint density at radius 2 is 2.09 bits per heavy atom. The molecule has 0 bridgehead atoms. The maximum absolute atomic E-state index is 9.40. The zero-order valence-corrected chi connectivity index (χ0v) is 17.8. The molecule has 0 unspecified atom stereocenters. The van der Waals surface area contributed by atoms with Gasteiger partial charge in [0.05, 0.1) is 36.0 Å². The van der Waals surface area contributed by atoms with Gasteiger partial charge in [-0.2, -0.15) is 0 Å². The van der Waals surface area contributed by atoms with Gasteiger partial charge < -0.3 is 29.4 Å². The number of ether oxygens (including phenoxy) is 1. The van der Waals surface area contributed by atoms with Gasteiger partial charge in [-0.1, -0.05) is 0 Å². The summed E-state index contributed by atoms with van der Waals surface area (Å²) in [6.07, 6.45) is 9.20. The van der Waals surface area contributed by atoms with E-state index in [1.54, 1.807) is 6.20 Å². The average Bonchev–Trinajstić information content (AvgIpc) is 3.53. The first-order valence-electron chi connectivity index (χ1n) is 10.9. The third kappa shape index (κ3) is 3.77. The van der Waals surface area contributed by atoms with Gasteiger partial charge in [-0.25, -0.2) is 9.97 Å². The summed E-state index contributed by atoms with van der Waals surface area (Å²) in [7, 11) is 0. The summed E-state index contributed by atoms with van der Waals surface area (Å²) in [5.41, 5.74) is 6.37. The van der Waals surface area contributed by atoms with Crippen molar-refractivity contribution in [1.29, 1.82) is 0 Å². The number of imidazole rings is 1. The van der Waals surface area contributed by atoms with Gasteiger partial charge in [0.25, 0.3) is 0 Å². The van der Waals surface area contributed by atoms with Crippen molar-refractivity contribution in [2.45, 2.75) is 6.10 Å². The lowest BCUT2D eigenvalue weighted by molar-refractivity contribution is 0.00357. The quantitative estimate of drug-likeness (QED) is 0.385. The van der Waals surface area contributed by atoms with Crippen LogP contribution in [0, 0.1) is 0 Å². The minimum absolute atomic E-state index is 0.0325. The first-order valence-corrected chi connectivity index (χ1v) is 10.9. The molecule has 166 valence electrons. The minimum Gasteiger partial charge on any atom is -0.394 e. The third-order valence-corrected chi connectivity index (χ3v) is 5.91. The number of hydrogen-bond donors (Lipinski definition) is 3. The second kappa shape index (κ2) is 8.19. The maximum atomic E-state index is 9.40. The number of nitrogens with zero attached hydrogens (tertiary/aromatic N) is 5. The van der Waals surface area contributed by atoms with Crippen LogP contribution in [0.5, 0.6) is 0 Å². The van der Waals surface area contributed by atoms with E-state index in [0.29, 0.717) is 19.0 Å². The molecule has 1 atom stereocenters. The summed E-state index contributed by atoms with van der Waals surface area (Å²) in [5.74, 6) is 0.670. The second-order valence-electron chi connectivity index (χ2n) is 8.06. The number of pyridine rings is 1. The molecule has 1 saturated heterocycles. The van der Waals surface area contributed by atoms with Gasteiger partial charge in [0.2, 0.25) is 0 Å². The summed E-state index contributed by atoms with van der Waals surface area (Å²) in [6, 6.07) is 12.2. The van der Waals surface area contributed by atoms with E-state index >= 15 is 0 Å². The number of nitrogens with one attached hydrogen (secondary N) is 2. The van der Waals surface area contributed by atoms with Crippen molar-refractivity contribution in [3.63, 3.8) is 0 Å². The zero-order valence-electron chi connectivity index (χ0n) is 17.8. The van der Waals surface area contributed by atoms with Crippen molar-refractivity contribution in [3.8, 4) is 11.3 Å². The Morgan fingerprint density at radius 1 is 1.18 bits per heavy atom. The Balaban J connectivity index is 1.30. The molecule has 33 heavy (non-hydrogen) atoms. The summed E-state index contributed by atoms with van der Waals surface area (Å²) < 4.78 is 7.51. The number of aromatic nitrogens is 5. The van der Waals surface area contributed by atoms with E-state index in [9.17, 15) is 5.11 Å². The number of morpholine rings is 1. The molecule has 5 aromatic rings. The molecule has 1 aliphatic rings. The molecule has 0 radical (unpaired) electrons. The summed E-state index contributed by atoms with van der Waals surface area (Å²) in [5, 5.41) is 12.8. The predicted molar refractivity (Wildman–Crippen MR) is 127 cm³/mol. The fourth-order valence-corrected chi connectivity index (χ4v) is 4.19. The normalized spacial score (nSPS) is 16.5. The summed E-state index contributed by atoms with van der Waals surface area (Å²) >= 11 is 0. The highest BCUT2D eigenvalue weighted by molar-refractivity contribution is 5.81. The molecule has 9 heteroatoms. The van der Waals surface area contributed by atoms with Crippen LogP contribution in [0.3, 0.4) is 0 Å². The van der Waals surface area contributed by atoms with Gasteiger partial charge in [-0.05, 0) is 36.4 Å². The van der Waals surface area contributed by atoms with Crippen LogP contribution in [0.1, 0.15) is 0 Å². The van der Waals surface area contributed by atoms with Gasteiger partial charge in [-0.3, -0.25) is 4.98 Å². The van der Waals surface area contributed by atoms with Gasteiger partial charge in [0.1, 0.15) is 0 Å². The summed E-state index contributed by atoms with van der Waals surface area (Å²) in [4.78, 5) is 19.3. The fourth-order valence-electron chi connectivity index (χ4n) is 4.19. The number of aromatic amines is 1. The molecule has 0 aliphatic carbocycles. The summed E-state index contributed by atoms with van der Waals surface area (Å²) in [6.45, 7) is 2.13. The van der Waals surface area contributed by atoms with Crippen LogP contribution in [0.15, 0.2) is 67.4 Å². The smallest absolute Gasteiger partial charge is 0.180 e. The van der Waals surface area contributed by atoms with Crippen LogP contribution >= 0.6 is 0 Å². The van der Waals surface area contributed by atoms with Crippen molar-refractivity contribution < 1.29 is 9.84 Å². The molecule has 4 aromatic heterocycles. The molecule has 3 N–H and O–H groups in total. The first-order chi connectivity index (χ1) is 16.3. The fraction of sp³-hybridized carbons (Fsp3) is 0.208. The number of benzene rings is 1. The second-order valence-corrected chi connectivity index (χ2v) is 8.06. The molecule has 0 amide bonds. The van der Waals surface area contributed by atoms with E-state index in [4.69, 9.17) is 9.72 Å². The van der Waals surface area contributed by atoms with Crippen LogP contribution in [-0.4, -0.2) is 61.9 Å². The minimum atomic E-state index is -0.142. The highest BCUT2D eigenvalue weighted by Crippen LogP contribution is 2.27. The van der Waals surface area contributed by atoms with Crippen LogP contribution < -0.4 is 10.2 Å². The van der Waals surface area contributed by atoms with Crippen LogP contribution in [0.25, 0.3) is 27.9 Å². The molecule has 1 aromatic carbocycles. The highest BCUT2D eigenvalue weighted by Gasteiger charge is 2.20. The van der Waals surface area contributed by atoms with Crippen molar-refractivity contribution in [3.05, 3.63) is 67.4 Å². The Hall–Kier alpha value is -3.95. The van der Waals surface area contributed by atoms with Crippen LogP contribution in [0.2, 0.25) is 0 Å². The largest absolute Gasteiger partial charge is 0.394 e. The molecular formula is C24H23N7O2. The number of H-pyrrole nitrogens is 1. The molecule has 9 nitrogen and oxygen atoms in total. The molecule has 6 rings (SSSR count). The SMILES string of the molecule is OC[C@H]1CN(c2ccc(Nc3nc(-c4cnc5cc[nH]c5c4)cn4ccnc34)cc2)CCO1. The molecule has 5 heterocycles. The van der Waals surface area contributed by atoms with E-state index in [-0.39, 0.29) is 12.7 Å². The van der Waals surface area contributed by atoms with Crippen molar-refractivity contribution in [1.82, 2.24) is 24.3 Å². The lowest BCUT2D eigenvalue weighted by Crippen LogP contribution is -2.44. The standard InChI is InChI=1S/C24H23N7O2/c32-15-19-13-30(9-10-33-19)18-3-1-17(2-4-18)28-23-24-26-7-8-31(24)14-22(29-23)16-11-21-20(27-12-16)5-6-25-21/h1-8,11-12,14,19,25,32H,9-10,13,15H2,(H,28,29)/t19-/m1/s1. The van der Waals surface area contributed by atoms with Crippen LogP contribution in [0.4, 0.5) is 17.2 Å². The monoisotopic (exact) mass is 441 g/mol. The number of anilines is 3. The van der Waals surface area contributed by atoms with E-state index in [2.05, 4.69) is 37.3 Å². The average molecular weight is 441 g/mol. The molecule has 1 aliphatic heterocycles. The van der Waals surface area contributed by atoms with Crippen molar-refractivity contribution in [2.24, 2.45) is 0 Å². The highest BCUT2D eigenvalue weighted by atomic mass is 16.5. The molecule has 0 saturated carbocycles. The lowest BCUT2D eigenvalue weighted by Gasteiger charge is -2.33. The van der Waals surface area contributed by atoms with Gasteiger partial charge in [0.15, 0.2) is 11.5 Å². The lowest BCUT2D eigenvalue weighted by atomic mass is 10.2. The van der Waals surface area contributed by atoms with E-state index in [1.807, 2.05) is 53.5 Å². The number of hydrogen-bond acceptors (Lipinski definition) is 7. The number of rotatable bonds is 5. The van der Waals surface area contributed by atoms with Crippen LogP contribution in [-0.2, 0) is 4.74 Å².